The van der Waals surface area contributed by atoms with Gasteiger partial charge in [-0.3, -0.25) is 19.3 Å². The first kappa shape index (κ1) is 18.0. The van der Waals surface area contributed by atoms with Crippen molar-refractivity contribution in [2.24, 2.45) is 5.41 Å². The number of carboxylic acids is 1. The molecule has 2 aliphatic rings. The standard InChI is InChI=1S/C16H23N3O5/c1-4-5-19-14(23)11-10-17(6-7-18(11)15(19)24)12(20)8-16(2,3)9-13(21)22/h4,11H,1,5-10H2,2-3H3,(H,21,22)/t11-/m0/s1. The van der Waals surface area contributed by atoms with Gasteiger partial charge in [-0.1, -0.05) is 19.9 Å². The first-order valence-electron chi connectivity index (χ1n) is 7.89. The molecule has 132 valence electrons. The number of piperazine rings is 1. The van der Waals surface area contributed by atoms with Crippen LogP contribution in [0, 0.1) is 5.41 Å². The monoisotopic (exact) mass is 337 g/mol. The third-order valence-corrected chi connectivity index (χ3v) is 4.33. The largest absolute Gasteiger partial charge is 0.481 e. The fourth-order valence-corrected chi connectivity index (χ4v) is 3.17. The Balaban J connectivity index is 2.03. The van der Waals surface area contributed by atoms with Crippen LogP contribution >= 0.6 is 0 Å². The van der Waals surface area contributed by atoms with Gasteiger partial charge in [0.1, 0.15) is 6.04 Å². The van der Waals surface area contributed by atoms with Crippen molar-refractivity contribution in [1.82, 2.24) is 14.7 Å². The van der Waals surface area contributed by atoms with Crippen LogP contribution in [-0.2, 0) is 14.4 Å². The van der Waals surface area contributed by atoms with Crippen LogP contribution in [0.2, 0.25) is 0 Å². The Hall–Kier alpha value is -2.38. The summed E-state index contributed by atoms with van der Waals surface area (Å²) in [6.07, 6.45) is 1.47. The molecule has 0 aromatic heterocycles. The van der Waals surface area contributed by atoms with Gasteiger partial charge in [-0.25, -0.2) is 4.79 Å². The molecule has 2 aliphatic heterocycles. The highest BCUT2D eigenvalue weighted by atomic mass is 16.4. The minimum Gasteiger partial charge on any atom is -0.481 e. The van der Waals surface area contributed by atoms with Crippen molar-refractivity contribution in [1.29, 1.82) is 0 Å². The van der Waals surface area contributed by atoms with E-state index in [0.29, 0.717) is 13.1 Å². The van der Waals surface area contributed by atoms with Gasteiger partial charge < -0.3 is 14.9 Å². The molecule has 8 heteroatoms. The Kier molecular flexibility index (Phi) is 4.96. The van der Waals surface area contributed by atoms with Gasteiger partial charge in [0.15, 0.2) is 0 Å². The zero-order chi connectivity index (χ0) is 18.1. The zero-order valence-electron chi connectivity index (χ0n) is 14.0. The molecule has 0 radical (unpaired) electrons. The molecule has 2 saturated heterocycles. The Morgan fingerprint density at radius 1 is 1.29 bits per heavy atom. The molecule has 0 aromatic rings. The van der Waals surface area contributed by atoms with Crippen LogP contribution in [0.15, 0.2) is 12.7 Å². The fourth-order valence-electron chi connectivity index (χ4n) is 3.17. The molecule has 2 heterocycles. The van der Waals surface area contributed by atoms with Crippen LogP contribution < -0.4 is 0 Å². The average Bonchev–Trinajstić information content (AvgIpc) is 2.70. The van der Waals surface area contributed by atoms with E-state index in [4.69, 9.17) is 5.11 Å². The highest BCUT2D eigenvalue weighted by Gasteiger charge is 2.48. The van der Waals surface area contributed by atoms with E-state index in [-0.39, 0.29) is 43.8 Å². The normalized spacial score (nSPS) is 21.1. The molecular formula is C16H23N3O5. The van der Waals surface area contributed by atoms with Crippen molar-refractivity contribution in [2.75, 3.05) is 26.2 Å². The van der Waals surface area contributed by atoms with Gasteiger partial charge in [0.05, 0.1) is 13.0 Å². The van der Waals surface area contributed by atoms with Crippen molar-refractivity contribution in [2.45, 2.75) is 32.7 Å². The SMILES string of the molecule is C=CCN1C(=O)[C@@H]2CN(C(=O)CC(C)(C)CC(=O)O)CCN2C1=O. The first-order chi connectivity index (χ1) is 11.2. The summed E-state index contributed by atoms with van der Waals surface area (Å²) in [5, 5.41) is 8.91. The van der Waals surface area contributed by atoms with Gasteiger partial charge in [0.2, 0.25) is 5.91 Å². The summed E-state index contributed by atoms with van der Waals surface area (Å²) in [5.41, 5.74) is -0.662. The molecule has 0 saturated carbocycles. The number of rotatable bonds is 6. The van der Waals surface area contributed by atoms with Crippen LogP contribution in [0.3, 0.4) is 0 Å². The summed E-state index contributed by atoms with van der Waals surface area (Å²) in [6.45, 7) is 7.95. The number of carboxylic acid groups (broad SMARTS) is 1. The maximum atomic E-state index is 12.5. The molecule has 0 spiro atoms. The second-order valence-electron chi connectivity index (χ2n) is 6.98. The number of hydrogen-bond donors (Lipinski definition) is 1. The number of carbonyl (C=O) groups is 4. The topological polar surface area (TPSA) is 98.2 Å². The number of hydrogen-bond acceptors (Lipinski definition) is 4. The number of carbonyl (C=O) groups excluding carboxylic acids is 3. The molecule has 8 nitrogen and oxygen atoms in total. The van der Waals surface area contributed by atoms with Crippen LogP contribution in [0.1, 0.15) is 26.7 Å². The Labute approximate surface area is 140 Å². The van der Waals surface area contributed by atoms with Gasteiger partial charge in [-0.05, 0) is 5.41 Å². The third kappa shape index (κ3) is 3.58. The number of urea groups is 1. The molecule has 0 aliphatic carbocycles. The molecular weight excluding hydrogens is 314 g/mol. The molecule has 0 aromatic carbocycles. The number of imide groups is 1. The van der Waals surface area contributed by atoms with E-state index in [1.165, 1.54) is 11.0 Å². The summed E-state index contributed by atoms with van der Waals surface area (Å²) in [4.78, 5) is 52.0. The number of aliphatic carboxylic acids is 1. The summed E-state index contributed by atoms with van der Waals surface area (Å²) in [7, 11) is 0. The lowest BCUT2D eigenvalue weighted by molar-refractivity contribution is -0.141. The van der Waals surface area contributed by atoms with E-state index in [0.717, 1.165) is 4.90 Å². The molecule has 0 bridgehead atoms. The van der Waals surface area contributed by atoms with E-state index >= 15 is 0 Å². The zero-order valence-corrected chi connectivity index (χ0v) is 14.0. The Morgan fingerprint density at radius 3 is 2.54 bits per heavy atom. The minimum absolute atomic E-state index is 0.0878. The quantitative estimate of drug-likeness (QED) is 0.563. The Bertz CT molecular complexity index is 586. The lowest BCUT2D eigenvalue weighted by Crippen LogP contribution is -2.55. The third-order valence-electron chi connectivity index (χ3n) is 4.33. The van der Waals surface area contributed by atoms with E-state index in [1.807, 2.05) is 0 Å². The van der Waals surface area contributed by atoms with Crippen LogP contribution in [0.25, 0.3) is 0 Å². The van der Waals surface area contributed by atoms with Gasteiger partial charge in [-0.15, -0.1) is 6.58 Å². The summed E-state index contributed by atoms with van der Waals surface area (Å²) in [5.74, 6) is -1.46. The predicted octanol–water partition coefficient (Wildman–Crippen LogP) is 0.538. The molecule has 0 unspecified atom stereocenters. The molecule has 4 amide bonds. The van der Waals surface area contributed by atoms with Crippen molar-refractivity contribution < 1.29 is 24.3 Å². The second kappa shape index (κ2) is 6.62. The average molecular weight is 337 g/mol. The molecule has 24 heavy (non-hydrogen) atoms. The highest BCUT2D eigenvalue weighted by Crippen LogP contribution is 2.28. The van der Waals surface area contributed by atoms with Crippen LogP contribution in [0.5, 0.6) is 0 Å². The fraction of sp³-hybridized carbons (Fsp3) is 0.625. The lowest BCUT2D eigenvalue weighted by atomic mass is 9.85. The second-order valence-corrected chi connectivity index (χ2v) is 6.98. The van der Waals surface area contributed by atoms with Crippen LogP contribution in [-0.4, -0.2) is 75.8 Å². The predicted molar refractivity (Wildman–Crippen MR) is 85.0 cm³/mol. The van der Waals surface area contributed by atoms with Gasteiger partial charge in [-0.2, -0.15) is 0 Å². The van der Waals surface area contributed by atoms with Gasteiger partial charge >= 0.3 is 12.0 Å². The van der Waals surface area contributed by atoms with E-state index in [2.05, 4.69) is 6.58 Å². The summed E-state index contributed by atoms with van der Waals surface area (Å²) < 4.78 is 0. The van der Waals surface area contributed by atoms with E-state index < -0.39 is 17.4 Å². The number of nitrogens with zero attached hydrogens (tertiary/aromatic N) is 3. The first-order valence-corrected chi connectivity index (χ1v) is 7.89. The summed E-state index contributed by atoms with van der Waals surface area (Å²) in [6, 6.07) is -0.999. The number of amides is 4. The number of fused-ring (bicyclic) bond motifs is 1. The molecule has 1 atom stereocenters. The van der Waals surface area contributed by atoms with Crippen molar-refractivity contribution >= 4 is 23.8 Å². The minimum atomic E-state index is -0.950. The summed E-state index contributed by atoms with van der Waals surface area (Å²) >= 11 is 0. The van der Waals surface area contributed by atoms with Crippen molar-refractivity contribution in [3.63, 3.8) is 0 Å². The van der Waals surface area contributed by atoms with E-state index in [1.54, 1.807) is 18.7 Å². The van der Waals surface area contributed by atoms with Crippen molar-refractivity contribution in [3.8, 4) is 0 Å². The maximum absolute atomic E-state index is 12.5. The smallest absolute Gasteiger partial charge is 0.327 e. The molecule has 2 rings (SSSR count). The van der Waals surface area contributed by atoms with Crippen LogP contribution in [0.4, 0.5) is 4.79 Å². The molecule has 1 N–H and O–H groups in total. The maximum Gasteiger partial charge on any atom is 0.327 e. The lowest BCUT2D eigenvalue weighted by Gasteiger charge is -2.36. The van der Waals surface area contributed by atoms with Gasteiger partial charge in [0.25, 0.3) is 5.91 Å². The Morgan fingerprint density at radius 2 is 1.96 bits per heavy atom. The van der Waals surface area contributed by atoms with E-state index in [9.17, 15) is 19.2 Å². The highest BCUT2D eigenvalue weighted by molar-refractivity contribution is 6.05. The van der Waals surface area contributed by atoms with Gasteiger partial charge in [0, 0.05) is 26.1 Å². The molecule has 2 fully saturated rings. The van der Waals surface area contributed by atoms with Crippen molar-refractivity contribution in [3.05, 3.63) is 12.7 Å².